The van der Waals surface area contributed by atoms with E-state index in [4.69, 9.17) is 21.0 Å². The second-order valence-corrected chi connectivity index (χ2v) is 4.57. The molecule has 19 heavy (non-hydrogen) atoms. The first-order chi connectivity index (χ1) is 9.22. The average Bonchev–Trinajstić information content (AvgIpc) is 2.45. The molecule has 0 amide bonds. The molecular weight excluding hydrogens is 244 g/mol. The van der Waals surface area contributed by atoms with E-state index >= 15 is 0 Å². The van der Waals surface area contributed by atoms with Gasteiger partial charge in [0.2, 0.25) is 0 Å². The number of aromatic nitrogens is 1. The van der Waals surface area contributed by atoms with Crippen molar-refractivity contribution >= 4 is 11.5 Å². The van der Waals surface area contributed by atoms with Gasteiger partial charge in [0.15, 0.2) is 0 Å². The number of hydrogen-bond donors (Lipinski definition) is 3. The van der Waals surface area contributed by atoms with Gasteiger partial charge in [0.1, 0.15) is 11.5 Å². The number of nitrogen functional groups attached to an aromatic ring is 1. The van der Waals surface area contributed by atoms with Crippen LogP contribution in [0, 0.1) is 5.41 Å². The van der Waals surface area contributed by atoms with E-state index in [2.05, 4.69) is 9.88 Å². The molecule has 4 N–H and O–H groups in total. The minimum absolute atomic E-state index is 0.00532. The molecule has 1 aromatic heterocycles. The van der Waals surface area contributed by atoms with Crippen molar-refractivity contribution < 1.29 is 9.84 Å². The van der Waals surface area contributed by atoms with Crippen LogP contribution in [0.25, 0.3) is 0 Å². The number of hydrogen-bond acceptors (Lipinski definition) is 5. The average molecular weight is 264 g/mol. The Morgan fingerprint density at radius 3 is 2.89 bits per heavy atom. The van der Waals surface area contributed by atoms with Gasteiger partial charge in [-0.3, -0.25) is 10.4 Å². The fourth-order valence-corrected chi connectivity index (χ4v) is 2.34. The lowest BCUT2D eigenvalue weighted by Crippen LogP contribution is -2.38. The molecule has 6 nitrogen and oxygen atoms in total. The number of amidine groups is 1. The van der Waals surface area contributed by atoms with Crippen LogP contribution >= 0.6 is 0 Å². The Hall–Kier alpha value is -1.66. The fraction of sp³-hybridized carbons (Fsp3) is 0.538. The van der Waals surface area contributed by atoms with Crippen molar-refractivity contribution in [1.82, 2.24) is 4.98 Å². The normalized spacial score (nSPS) is 16.6. The number of nitrogens with zero attached hydrogens (tertiary/aromatic N) is 2. The van der Waals surface area contributed by atoms with E-state index in [0.29, 0.717) is 12.3 Å². The van der Waals surface area contributed by atoms with Crippen molar-refractivity contribution in [2.75, 3.05) is 31.2 Å². The highest BCUT2D eigenvalue weighted by atomic mass is 16.5. The Morgan fingerprint density at radius 2 is 2.26 bits per heavy atom. The van der Waals surface area contributed by atoms with E-state index in [0.717, 1.165) is 31.6 Å². The zero-order valence-electron chi connectivity index (χ0n) is 10.9. The Bertz CT molecular complexity index is 430. The van der Waals surface area contributed by atoms with Crippen LogP contribution in [-0.4, -0.2) is 48.3 Å². The lowest BCUT2D eigenvalue weighted by molar-refractivity contribution is 0.0159. The van der Waals surface area contributed by atoms with Crippen molar-refractivity contribution in [3.63, 3.8) is 0 Å². The quantitative estimate of drug-likeness (QED) is 0.526. The van der Waals surface area contributed by atoms with Gasteiger partial charge in [0.25, 0.3) is 0 Å². The van der Waals surface area contributed by atoms with Gasteiger partial charge in [-0.05, 0) is 25.0 Å². The molecule has 0 unspecified atom stereocenters. The van der Waals surface area contributed by atoms with Crippen LogP contribution in [0.1, 0.15) is 18.5 Å². The third-order valence-electron chi connectivity index (χ3n) is 3.27. The molecular formula is C13H20N4O2. The molecule has 0 saturated carbocycles. The molecule has 1 fully saturated rings. The summed E-state index contributed by atoms with van der Waals surface area (Å²) in [5.41, 5.74) is 7.01. The summed E-state index contributed by atoms with van der Waals surface area (Å²) in [4.78, 5) is 6.35. The molecule has 1 aliphatic heterocycles. The second kappa shape index (κ2) is 6.49. The zero-order chi connectivity index (χ0) is 13.7. The summed E-state index contributed by atoms with van der Waals surface area (Å²) >= 11 is 0. The molecule has 0 bridgehead atoms. The Morgan fingerprint density at radius 1 is 1.53 bits per heavy atom. The number of pyridine rings is 1. The molecule has 0 atom stereocenters. The molecule has 6 heteroatoms. The SMILES string of the molecule is N=C(N)c1ncccc1N1CCC(OCCO)CC1. The third-order valence-corrected chi connectivity index (χ3v) is 3.27. The summed E-state index contributed by atoms with van der Waals surface area (Å²) in [5, 5.41) is 16.3. The summed E-state index contributed by atoms with van der Waals surface area (Å²) < 4.78 is 5.53. The maximum Gasteiger partial charge on any atom is 0.143 e. The van der Waals surface area contributed by atoms with Crippen LogP contribution in [0.4, 0.5) is 5.69 Å². The summed E-state index contributed by atoms with van der Waals surface area (Å²) in [6.45, 7) is 2.16. The van der Waals surface area contributed by atoms with Crippen LogP contribution in [0.5, 0.6) is 0 Å². The van der Waals surface area contributed by atoms with Gasteiger partial charge in [-0.25, -0.2) is 0 Å². The van der Waals surface area contributed by atoms with Crippen LogP contribution < -0.4 is 10.6 Å². The van der Waals surface area contributed by atoms with Gasteiger partial charge in [-0.1, -0.05) is 0 Å². The predicted molar refractivity (Wildman–Crippen MR) is 73.5 cm³/mol. The fourth-order valence-electron chi connectivity index (χ4n) is 2.34. The smallest absolute Gasteiger partial charge is 0.143 e. The molecule has 0 aliphatic carbocycles. The molecule has 0 spiro atoms. The first kappa shape index (κ1) is 13.8. The number of aliphatic hydroxyl groups excluding tert-OH is 1. The van der Waals surface area contributed by atoms with E-state index in [1.807, 2.05) is 12.1 Å². The number of piperidine rings is 1. The van der Waals surface area contributed by atoms with Crippen LogP contribution in [0.15, 0.2) is 18.3 Å². The van der Waals surface area contributed by atoms with Crippen molar-refractivity contribution in [1.29, 1.82) is 5.41 Å². The van der Waals surface area contributed by atoms with Crippen LogP contribution in [-0.2, 0) is 4.74 Å². The van der Waals surface area contributed by atoms with Gasteiger partial charge in [0, 0.05) is 19.3 Å². The first-order valence-electron chi connectivity index (χ1n) is 6.49. The van der Waals surface area contributed by atoms with Crippen molar-refractivity contribution in [2.24, 2.45) is 5.73 Å². The number of aliphatic hydroxyl groups is 1. The molecule has 2 heterocycles. The largest absolute Gasteiger partial charge is 0.394 e. The lowest BCUT2D eigenvalue weighted by Gasteiger charge is -2.34. The van der Waals surface area contributed by atoms with Crippen molar-refractivity contribution in [3.05, 3.63) is 24.0 Å². The molecule has 2 rings (SSSR count). The maximum absolute atomic E-state index is 8.74. The number of rotatable bonds is 5. The number of ether oxygens (including phenoxy) is 1. The first-order valence-corrected chi connectivity index (χ1v) is 6.49. The van der Waals surface area contributed by atoms with Crippen molar-refractivity contribution in [3.8, 4) is 0 Å². The highest BCUT2D eigenvalue weighted by Crippen LogP contribution is 2.23. The molecule has 1 saturated heterocycles. The van der Waals surface area contributed by atoms with E-state index in [9.17, 15) is 0 Å². The number of nitrogens with one attached hydrogen (secondary N) is 1. The second-order valence-electron chi connectivity index (χ2n) is 4.57. The molecule has 0 radical (unpaired) electrons. The number of nitrogens with two attached hydrogens (primary N) is 1. The highest BCUT2D eigenvalue weighted by molar-refractivity contribution is 5.98. The monoisotopic (exact) mass is 264 g/mol. The van der Waals surface area contributed by atoms with Crippen LogP contribution in [0.3, 0.4) is 0 Å². The topological polar surface area (TPSA) is 95.5 Å². The van der Waals surface area contributed by atoms with Crippen molar-refractivity contribution in [2.45, 2.75) is 18.9 Å². The zero-order valence-corrected chi connectivity index (χ0v) is 10.9. The predicted octanol–water partition coefficient (Wildman–Crippen LogP) is 0.343. The number of anilines is 1. The standard InChI is InChI=1S/C13H20N4O2/c14-13(15)12-11(2-1-5-16-12)17-6-3-10(4-7-17)19-9-8-18/h1-2,5,10,18H,3-4,6-9H2,(H3,14,15). The summed E-state index contributed by atoms with van der Waals surface area (Å²) in [5.74, 6) is -0.00532. The molecule has 104 valence electrons. The molecule has 0 aromatic carbocycles. The summed E-state index contributed by atoms with van der Waals surface area (Å²) in [7, 11) is 0. The maximum atomic E-state index is 8.74. The van der Waals surface area contributed by atoms with Crippen LogP contribution in [0.2, 0.25) is 0 Å². The van der Waals surface area contributed by atoms with E-state index < -0.39 is 0 Å². The minimum Gasteiger partial charge on any atom is -0.394 e. The highest BCUT2D eigenvalue weighted by Gasteiger charge is 2.22. The van der Waals surface area contributed by atoms with Gasteiger partial charge < -0.3 is 20.5 Å². The van der Waals surface area contributed by atoms with Gasteiger partial charge in [-0.2, -0.15) is 0 Å². The Kier molecular flexibility index (Phi) is 4.70. The minimum atomic E-state index is -0.00532. The Balaban J connectivity index is 2.00. The summed E-state index contributed by atoms with van der Waals surface area (Å²) in [6, 6.07) is 3.80. The van der Waals surface area contributed by atoms with Gasteiger partial charge in [0.05, 0.1) is 25.0 Å². The third kappa shape index (κ3) is 3.42. The van der Waals surface area contributed by atoms with E-state index in [-0.39, 0.29) is 18.5 Å². The summed E-state index contributed by atoms with van der Waals surface area (Å²) in [6.07, 6.45) is 3.68. The molecule has 1 aromatic rings. The van der Waals surface area contributed by atoms with Gasteiger partial charge >= 0.3 is 0 Å². The Labute approximate surface area is 112 Å². The molecule has 1 aliphatic rings. The van der Waals surface area contributed by atoms with E-state index in [1.54, 1.807) is 6.20 Å². The van der Waals surface area contributed by atoms with Gasteiger partial charge in [-0.15, -0.1) is 0 Å². The van der Waals surface area contributed by atoms with E-state index in [1.165, 1.54) is 0 Å². The lowest BCUT2D eigenvalue weighted by atomic mass is 10.1.